The van der Waals surface area contributed by atoms with Gasteiger partial charge in [-0.25, -0.2) is 12.8 Å². The zero-order valence-corrected chi connectivity index (χ0v) is 25.1. The summed E-state index contributed by atoms with van der Waals surface area (Å²) in [6.07, 6.45) is 1.06. The molecule has 0 unspecified atom stereocenters. The van der Waals surface area contributed by atoms with Crippen molar-refractivity contribution >= 4 is 33.3 Å². The Morgan fingerprint density at radius 1 is 1.07 bits per heavy atom. The van der Waals surface area contributed by atoms with Crippen LogP contribution < -0.4 is 20.1 Å². The van der Waals surface area contributed by atoms with E-state index in [0.717, 1.165) is 24.3 Å². The van der Waals surface area contributed by atoms with Gasteiger partial charge in [0.05, 0.1) is 41.6 Å². The van der Waals surface area contributed by atoms with Crippen molar-refractivity contribution in [3.8, 4) is 11.5 Å². The largest absolute Gasteiger partial charge is 0.501 e. The molecule has 45 heavy (non-hydrogen) atoms. The number of halogens is 4. The summed E-state index contributed by atoms with van der Waals surface area (Å²) in [7, 11) is -4.42. The maximum atomic E-state index is 14.9. The standard InChI is InChI=1S/C29H32F4N2O9S/c1-28(27(38)39)9-6-17(7-10-28)44-24-13-19(23(42-2)14-21(24)30)25(36)35-22-8-11-43-15-20(22)26(37)34-16-4-3-5-18(12-16)45(40,41)29(31,32)33/h3-5,12-14,17,20,22H,6-11,15H2,1-2H3,(H,34,37)(H,35,36)(H,38,39)/t17-,20-,22+,28+/m1/s1. The van der Waals surface area contributed by atoms with Gasteiger partial charge in [0.25, 0.3) is 15.7 Å². The first kappa shape index (κ1) is 34.0. The van der Waals surface area contributed by atoms with E-state index in [-0.39, 0.29) is 42.4 Å². The Labute approximate surface area is 256 Å². The summed E-state index contributed by atoms with van der Waals surface area (Å²) < 4.78 is 93.9. The summed E-state index contributed by atoms with van der Waals surface area (Å²) in [5.41, 5.74) is -6.75. The van der Waals surface area contributed by atoms with Crippen molar-refractivity contribution in [2.45, 2.75) is 61.6 Å². The summed E-state index contributed by atoms with van der Waals surface area (Å²) in [6, 6.07) is 4.99. The molecule has 0 aromatic heterocycles. The van der Waals surface area contributed by atoms with Crippen molar-refractivity contribution in [1.82, 2.24) is 5.32 Å². The third-order valence-corrected chi connectivity index (χ3v) is 9.55. The molecule has 1 saturated carbocycles. The number of amides is 2. The van der Waals surface area contributed by atoms with E-state index in [0.29, 0.717) is 31.7 Å². The summed E-state index contributed by atoms with van der Waals surface area (Å²) in [5, 5.41) is 14.5. The number of sulfone groups is 1. The van der Waals surface area contributed by atoms with Crippen LogP contribution in [0.2, 0.25) is 0 Å². The molecule has 246 valence electrons. The lowest BCUT2D eigenvalue weighted by Crippen LogP contribution is -2.50. The highest BCUT2D eigenvalue weighted by atomic mass is 32.2. The first-order valence-corrected chi connectivity index (χ1v) is 15.4. The van der Waals surface area contributed by atoms with E-state index in [4.69, 9.17) is 14.2 Å². The van der Waals surface area contributed by atoms with Crippen LogP contribution in [0.1, 0.15) is 49.4 Å². The van der Waals surface area contributed by atoms with Crippen molar-refractivity contribution in [2.24, 2.45) is 11.3 Å². The molecule has 11 nitrogen and oxygen atoms in total. The average Bonchev–Trinajstić information content (AvgIpc) is 2.98. The molecule has 4 rings (SSSR count). The number of anilines is 1. The molecule has 0 bridgehead atoms. The number of hydrogen-bond acceptors (Lipinski definition) is 8. The number of hydrogen-bond donors (Lipinski definition) is 3. The Hall–Kier alpha value is -3.92. The number of benzene rings is 2. The van der Waals surface area contributed by atoms with Crippen LogP contribution in [0.5, 0.6) is 11.5 Å². The van der Waals surface area contributed by atoms with Gasteiger partial charge in [-0.05, 0) is 63.3 Å². The lowest BCUT2D eigenvalue weighted by Gasteiger charge is -2.34. The highest BCUT2D eigenvalue weighted by Crippen LogP contribution is 2.39. The van der Waals surface area contributed by atoms with Crippen LogP contribution in [0.25, 0.3) is 0 Å². The van der Waals surface area contributed by atoms with Gasteiger partial charge in [0.1, 0.15) is 5.75 Å². The Kier molecular flexibility index (Phi) is 9.97. The number of carbonyl (C=O) groups excluding carboxylic acids is 2. The van der Waals surface area contributed by atoms with Crippen molar-refractivity contribution in [1.29, 1.82) is 0 Å². The second-order valence-corrected chi connectivity index (χ2v) is 13.1. The molecule has 2 fully saturated rings. The molecule has 2 aromatic carbocycles. The highest BCUT2D eigenvalue weighted by molar-refractivity contribution is 7.92. The van der Waals surface area contributed by atoms with E-state index in [9.17, 15) is 45.5 Å². The van der Waals surface area contributed by atoms with Crippen LogP contribution in [-0.4, -0.2) is 69.3 Å². The molecule has 2 aliphatic rings. The number of nitrogens with one attached hydrogen (secondary N) is 2. The van der Waals surface area contributed by atoms with Gasteiger partial charge in [-0.2, -0.15) is 13.2 Å². The summed E-state index contributed by atoms with van der Waals surface area (Å²) in [6.45, 7) is 1.64. The molecule has 2 atom stereocenters. The topological polar surface area (TPSA) is 157 Å². The minimum absolute atomic E-state index is 0.101. The second kappa shape index (κ2) is 13.2. The number of methoxy groups -OCH3 is 1. The molecule has 16 heteroatoms. The minimum atomic E-state index is -5.65. The van der Waals surface area contributed by atoms with Gasteiger partial charge >= 0.3 is 11.5 Å². The number of rotatable bonds is 9. The Balaban J connectivity index is 1.48. The fourth-order valence-corrected chi connectivity index (χ4v) is 6.04. The van der Waals surface area contributed by atoms with Gasteiger partial charge in [0.2, 0.25) is 5.91 Å². The Morgan fingerprint density at radius 2 is 1.76 bits per heavy atom. The van der Waals surface area contributed by atoms with Crippen molar-refractivity contribution in [2.75, 3.05) is 25.6 Å². The fourth-order valence-electron chi connectivity index (χ4n) is 5.24. The normalized spacial score (nSPS) is 23.9. The first-order chi connectivity index (χ1) is 21.1. The minimum Gasteiger partial charge on any atom is -0.496 e. The highest BCUT2D eigenvalue weighted by Gasteiger charge is 2.47. The third-order valence-electron chi connectivity index (χ3n) is 8.07. The van der Waals surface area contributed by atoms with Crippen LogP contribution in [0.15, 0.2) is 41.3 Å². The molecule has 0 spiro atoms. The first-order valence-electron chi connectivity index (χ1n) is 13.9. The van der Waals surface area contributed by atoms with Gasteiger partial charge in [0.15, 0.2) is 11.6 Å². The molecular formula is C29H32F4N2O9S. The van der Waals surface area contributed by atoms with Gasteiger partial charge in [-0.15, -0.1) is 0 Å². The molecule has 1 aliphatic heterocycles. The lowest BCUT2D eigenvalue weighted by atomic mass is 9.75. The summed E-state index contributed by atoms with van der Waals surface area (Å²) >= 11 is 0. The number of alkyl halides is 3. The summed E-state index contributed by atoms with van der Waals surface area (Å²) in [4.78, 5) is 37.0. The van der Waals surface area contributed by atoms with Gasteiger partial charge < -0.3 is 30.0 Å². The number of ether oxygens (including phenoxy) is 3. The molecule has 0 radical (unpaired) electrons. The number of carbonyl (C=O) groups is 3. The monoisotopic (exact) mass is 660 g/mol. The predicted octanol–water partition coefficient (Wildman–Crippen LogP) is 4.31. The van der Waals surface area contributed by atoms with Crippen molar-refractivity contribution in [3.63, 3.8) is 0 Å². The van der Waals surface area contributed by atoms with E-state index >= 15 is 0 Å². The molecule has 3 N–H and O–H groups in total. The van der Waals surface area contributed by atoms with E-state index < -0.39 is 67.3 Å². The van der Waals surface area contributed by atoms with Crippen LogP contribution in [0.3, 0.4) is 0 Å². The van der Waals surface area contributed by atoms with E-state index in [1.165, 1.54) is 13.2 Å². The molecule has 1 saturated heterocycles. The van der Waals surface area contributed by atoms with E-state index in [2.05, 4.69) is 10.6 Å². The molecular weight excluding hydrogens is 628 g/mol. The zero-order chi connectivity index (χ0) is 33.2. The van der Waals surface area contributed by atoms with Crippen LogP contribution in [0, 0.1) is 17.2 Å². The number of carboxylic acids is 1. The van der Waals surface area contributed by atoms with Crippen molar-refractivity contribution < 1.29 is 59.7 Å². The van der Waals surface area contributed by atoms with Gasteiger partial charge in [0, 0.05) is 24.4 Å². The molecule has 1 aliphatic carbocycles. The third kappa shape index (κ3) is 7.49. The number of aliphatic carboxylic acids is 1. The quantitative estimate of drug-likeness (QED) is 0.334. The molecule has 2 amide bonds. The van der Waals surface area contributed by atoms with E-state index in [1.807, 2.05) is 0 Å². The number of carboxylic acid groups (broad SMARTS) is 1. The van der Waals surface area contributed by atoms with E-state index in [1.54, 1.807) is 6.92 Å². The second-order valence-electron chi connectivity index (χ2n) is 11.2. The van der Waals surface area contributed by atoms with Crippen LogP contribution in [0.4, 0.5) is 23.2 Å². The SMILES string of the molecule is COc1cc(F)c(O[C@H]2CC[C@@](C)(C(=O)O)CC2)cc1C(=O)N[C@H]1CCOC[C@H]1C(=O)Nc1cccc(S(=O)(=O)C(F)(F)F)c1. The summed E-state index contributed by atoms with van der Waals surface area (Å²) in [5.74, 6) is -4.58. The average molecular weight is 661 g/mol. The smallest absolute Gasteiger partial charge is 0.496 e. The Bertz CT molecular complexity index is 1560. The predicted molar refractivity (Wildman–Crippen MR) is 150 cm³/mol. The Morgan fingerprint density at radius 3 is 2.38 bits per heavy atom. The van der Waals surface area contributed by atoms with Gasteiger partial charge in [-0.3, -0.25) is 14.4 Å². The van der Waals surface area contributed by atoms with Crippen molar-refractivity contribution in [3.05, 3.63) is 47.8 Å². The fraction of sp³-hybridized carbons (Fsp3) is 0.483. The van der Waals surface area contributed by atoms with Crippen LogP contribution >= 0.6 is 0 Å². The maximum absolute atomic E-state index is 14.9. The zero-order valence-electron chi connectivity index (χ0n) is 24.3. The molecule has 1 heterocycles. The maximum Gasteiger partial charge on any atom is 0.501 e. The van der Waals surface area contributed by atoms with Crippen LogP contribution in [-0.2, 0) is 24.2 Å². The lowest BCUT2D eigenvalue weighted by molar-refractivity contribution is -0.150. The molecule has 2 aromatic rings. The van der Waals surface area contributed by atoms with Gasteiger partial charge in [-0.1, -0.05) is 6.07 Å².